The molecule has 0 atom stereocenters. The molecule has 2 aromatic heterocycles. The van der Waals surface area contributed by atoms with Crippen LogP contribution in [-0.2, 0) is 29.4 Å². The highest BCUT2D eigenvalue weighted by Gasteiger charge is 2.35. The van der Waals surface area contributed by atoms with E-state index in [-0.39, 0.29) is 30.7 Å². The summed E-state index contributed by atoms with van der Waals surface area (Å²) >= 11 is 0. The number of likely N-dealkylation sites (N-methyl/N-ethyl adjacent to an activating group) is 1. The molecule has 0 radical (unpaired) electrons. The number of carbonyl (C=O) groups is 4. The zero-order valence-electron chi connectivity index (χ0n) is 29.7. The van der Waals surface area contributed by atoms with Gasteiger partial charge in [0.2, 0.25) is 11.9 Å². The molecule has 1 aliphatic rings. The summed E-state index contributed by atoms with van der Waals surface area (Å²) in [7, 11) is 5.70. The summed E-state index contributed by atoms with van der Waals surface area (Å²) in [5.74, 6) is 5.48. The van der Waals surface area contributed by atoms with Gasteiger partial charge in [-0.3, -0.25) is 14.4 Å². The first kappa shape index (κ1) is 36.3. The van der Waals surface area contributed by atoms with Gasteiger partial charge in [0, 0.05) is 61.8 Å². The van der Waals surface area contributed by atoms with Crippen LogP contribution in [0.25, 0.3) is 11.4 Å². The van der Waals surface area contributed by atoms with Gasteiger partial charge < -0.3 is 30.6 Å². The Kier molecular flexibility index (Phi) is 10.9. The first-order valence-corrected chi connectivity index (χ1v) is 16.5. The number of rotatable bonds is 8. The summed E-state index contributed by atoms with van der Waals surface area (Å²) in [6, 6.07) is 15.8. The predicted molar refractivity (Wildman–Crippen MR) is 194 cm³/mol. The van der Waals surface area contributed by atoms with Gasteiger partial charge in [-0.1, -0.05) is 24.0 Å². The van der Waals surface area contributed by atoms with Crippen LogP contribution >= 0.6 is 0 Å². The number of fused-ring (bicyclic) bond motifs is 1. The maximum absolute atomic E-state index is 13.4. The molecule has 0 saturated heterocycles. The molecule has 0 fully saturated rings. The Labute approximate surface area is 297 Å². The van der Waals surface area contributed by atoms with Crippen LogP contribution in [0, 0.1) is 11.8 Å². The highest BCUT2D eigenvalue weighted by molar-refractivity contribution is 6.05. The van der Waals surface area contributed by atoms with Crippen molar-refractivity contribution >= 4 is 35.5 Å². The van der Waals surface area contributed by atoms with Gasteiger partial charge >= 0.3 is 6.09 Å². The van der Waals surface area contributed by atoms with Gasteiger partial charge in [0.05, 0.1) is 23.2 Å². The monoisotopic (exact) mass is 690 g/mol. The van der Waals surface area contributed by atoms with Crippen molar-refractivity contribution in [2.75, 3.05) is 44.8 Å². The molecule has 0 bridgehead atoms. The van der Waals surface area contributed by atoms with Crippen molar-refractivity contribution in [3.8, 4) is 23.2 Å². The molecule has 2 aromatic carbocycles. The molecule has 13 nitrogen and oxygen atoms in total. The number of hydrogen-bond acceptors (Lipinski definition) is 9. The van der Waals surface area contributed by atoms with E-state index in [0.29, 0.717) is 52.3 Å². The van der Waals surface area contributed by atoms with E-state index in [1.54, 1.807) is 51.1 Å². The molecule has 0 saturated carbocycles. The Morgan fingerprint density at radius 2 is 1.80 bits per heavy atom. The van der Waals surface area contributed by atoms with Gasteiger partial charge in [-0.15, -0.1) is 0 Å². The number of carbonyl (C=O) groups excluding carboxylic acids is 4. The highest BCUT2D eigenvalue weighted by Crippen LogP contribution is 2.30. The molecule has 5 rings (SSSR count). The smallest absolute Gasteiger partial charge is 0.417 e. The molecule has 0 spiro atoms. The minimum atomic E-state index is -0.739. The number of benzene rings is 2. The largest absolute Gasteiger partial charge is 0.443 e. The van der Waals surface area contributed by atoms with E-state index in [1.165, 1.54) is 6.20 Å². The summed E-state index contributed by atoms with van der Waals surface area (Å²) in [5.41, 5.74) is 10.4. The van der Waals surface area contributed by atoms with Crippen LogP contribution in [0.5, 0.6) is 0 Å². The topological polar surface area (TPSA) is 165 Å². The summed E-state index contributed by atoms with van der Waals surface area (Å²) in [6.07, 6.45) is 1.40. The zero-order valence-corrected chi connectivity index (χ0v) is 29.7. The van der Waals surface area contributed by atoms with Crippen molar-refractivity contribution < 1.29 is 23.9 Å². The molecule has 0 aliphatic carbocycles. The number of imide groups is 1. The lowest BCUT2D eigenvalue weighted by atomic mass is 10.1. The summed E-state index contributed by atoms with van der Waals surface area (Å²) in [4.78, 5) is 63.1. The van der Waals surface area contributed by atoms with Crippen molar-refractivity contribution in [1.82, 2.24) is 29.7 Å². The zero-order chi connectivity index (χ0) is 36.9. The van der Waals surface area contributed by atoms with Crippen molar-refractivity contribution in [2.24, 2.45) is 7.05 Å². The predicted octanol–water partition coefficient (Wildman–Crippen LogP) is 3.87. The molecular weight excluding hydrogens is 648 g/mol. The Bertz CT molecular complexity index is 2030. The van der Waals surface area contributed by atoms with E-state index in [1.807, 2.05) is 54.9 Å². The Hall–Kier alpha value is -6.00. The number of anilines is 2. The second-order valence-corrected chi connectivity index (χ2v) is 13.4. The van der Waals surface area contributed by atoms with E-state index < -0.39 is 17.6 Å². The van der Waals surface area contributed by atoms with Crippen molar-refractivity contribution in [2.45, 2.75) is 39.2 Å². The van der Waals surface area contributed by atoms with Crippen LogP contribution in [-0.4, -0.2) is 87.5 Å². The van der Waals surface area contributed by atoms with Gasteiger partial charge in [-0.2, -0.15) is 0 Å². The molecule has 3 heterocycles. The van der Waals surface area contributed by atoms with Crippen LogP contribution in [0.2, 0.25) is 0 Å². The first-order valence-electron chi connectivity index (χ1n) is 16.5. The van der Waals surface area contributed by atoms with Gasteiger partial charge in [-0.25, -0.2) is 19.7 Å². The number of amides is 4. The van der Waals surface area contributed by atoms with Crippen LogP contribution < -0.4 is 16.4 Å². The van der Waals surface area contributed by atoms with Crippen LogP contribution in [0.4, 0.5) is 16.4 Å². The third-order valence-electron chi connectivity index (χ3n) is 7.98. The molecule has 4 aromatic rings. The SMILES string of the molecule is CN(C)CCNC(=O)c1ccc(NC(=O)Cc2cccc(C#Cc3cnc(N)nc3-c3cc4c(n3C)CCN(C(=O)OC(C)(C)C)C4=O)c2)cc1. The minimum absolute atomic E-state index is 0.0438. The van der Waals surface area contributed by atoms with Gasteiger partial charge in [-0.05, 0) is 82.9 Å². The first-order chi connectivity index (χ1) is 24.2. The molecule has 1 aliphatic heterocycles. The quantitative estimate of drug-likeness (QED) is 0.233. The van der Waals surface area contributed by atoms with E-state index in [0.717, 1.165) is 22.7 Å². The second-order valence-electron chi connectivity index (χ2n) is 13.4. The maximum atomic E-state index is 13.4. The highest BCUT2D eigenvalue weighted by atomic mass is 16.6. The molecular formula is C38H42N8O5. The van der Waals surface area contributed by atoms with Crippen LogP contribution in [0.15, 0.2) is 60.8 Å². The number of nitrogens with two attached hydrogens (primary N) is 1. The molecule has 4 N–H and O–H groups in total. The summed E-state index contributed by atoms with van der Waals surface area (Å²) in [5, 5.41) is 5.74. The fraction of sp³-hybridized carbons (Fsp3) is 0.316. The fourth-order valence-corrected chi connectivity index (χ4v) is 5.48. The number of aromatic nitrogens is 3. The Morgan fingerprint density at radius 1 is 1.06 bits per heavy atom. The van der Waals surface area contributed by atoms with Gasteiger partial charge in [0.15, 0.2) is 0 Å². The fourth-order valence-electron chi connectivity index (χ4n) is 5.48. The van der Waals surface area contributed by atoms with Crippen molar-refractivity contribution in [3.05, 3.63) is 94.3 Å². The minimum Gasteiger partial charge on any atom is -0.443 e. The number of ether oxygens (including phenoxy) is 1. The Morgan fingerprint density at radius 3 is 2.51 bits per heavy atom. The van der Waals surface area contributed by atoms with E-state index in [2.05, 4.69) is 32.4 Å². The normalized spacial score (nSPS) is 12.5. The van der Waals surface area contributed by atoms with Crippen LogP contribution in [0.1, 0.15) is 63.9 Å². The summed E-state index contributed by atoms with van der Waals surface area (Å²) in [6.45, 7) is 6.71. The molecule has 0 unspecified atom stereocenters. The van der Waals surface area contributed by atoms with Crippen molar-refractivity contribution in [3.63, 3.8) is 0 Å². The Balaban J connectivity index is 1.29. The second kappa shape index (κ2) is 15.3. The lowest BCUT2D eigenvalue weighted by Crippen LogP contribution is -2.44. The van der Waals surface area contributed by atoms with E-state index in [9.17, 15) is 19.2 Å². The molecule has 4 amide bonds. The van der Waals surface area contributed by atoms with Gasteiger partial charge in [0.1, 0.15) is 11.3 Å². The lowest BCUT2D eigenvalue weighted by Gasteiger charge is -2.28. The summed E-state index contributed by atoms with van der Waals surface area (Å²) < 4.78 is 7.31. The average molecular weight is 691 g/mol. The van der Waals surface area contributed by atoms with E-state index >= 15 is 0 Å². The van der Waals surface area contributed by atoms with Crippen LogP contribution in [0.3, 0.4) is 0 Å². The lowest BCUT2D eigenvalue weighted by molar-refractivity contribution is -0.115. The number of nitrogens with one attached hydrogen (secondary N) is 2. The van der Waals surface area contributed by atoms with Crippen molar-refractivity contribution in [1.29, 1.82) is 0 Å². The maximum Gasteiger partial charge on any atom is 0.417 e. The molecule has 264 valence electrons. The van der Waals surface area contributed by atoms with E-state index in [4.69, 9.17) is 10.5 Å². The standard InChI is InChI=1S/C38H42N8O5/c1-38(2,3)51-37(50)46-18-16-30-29(35(46)49)22-31(45(30)6)33-27(23-41-36(39)43-33)11-10-24-8-7-9-25(20-24)21-32(47)42-28-14-12-26(13-15-28)34(48)40-17-19-44(4)5/h7-9,12-15,20,22-23H,16-19,21H2,1-6H3,(H,40,48)(H,42,47)(H2,39,41,43). The third-order valence-corrected chi connectivity index (χ3v) is 7.98. The molecule has 13 heteroatoms. The number of nitrogens with zero attached hydrogens (tertiary/aromatic N) is 5. The number of hydrogen-bond donors (Lipinski definition) is 3. The third kappa shape index (κ3) is 9.17. The average Bonchev–Trinajstić information content (AvgIpc) is 3.40. The van der Waals surface area contributed by atoms with Gasteiger partial charge in [0.25, 0.3) is 11.8 Å². The number of nitrogen functional groups attached to an aromatic ring is 1. The molecule has 51 heavy (non-hydrogen) atoms.